The molecule has 3 aromatic rings. The van der Waals surface area contributed by atoms with E-state index in [1.165, 1.54) is 0 Å². The predicted molar refractivity (Wildman–Crippen MR) is 110 cm³/mol. The maximum Gasteiger partial charge on any atom is 0.197 e. The third-order valence-electron chi connectivity index (χ3n) is 3.78. The largest absolute Gasteiger partial charge is 0.460 e. The maximum atomic E-state index is 13.1. The maximum absolute atomic E-state index is 13.1. The number of carbonyl (C=O) groups is 1. The van der Waals surface area contributed by atoms with Crippen molar-refractivity contribution in [3.8, 4) is 0 Å². The molecule has 0 saturated heterocycles. The molecule has 0 N–H and O–H groups in total. The minimum atomic E-state index is 0.0532. The molecule has 0 aliphatic heterocycles. The first-order valence-electron chi connectivity index (χ1n) is 7.61. The first-order chi connectivity index (χ1) is 11.1. The standard InChI is InChI=1S/C19H16I2O2/c1-2-3-7-17-18(15-6-4-5-8-16(15)23-17)19(22)12-9-13(20)11-14(21)10-12/h4-6,8-11H,2-3,7H2,1H3. The quantitative estimate of drug-likeness (QED) is 0.290. The molecule has 118 valence electrons. The average Bonchev–Trinajstić information content (AvgIpc) is 2.89. The fourth-order valence-corrected chi connectivity index (χ4v) is 4.63. The van der Waals surface area contributed by atoms with E-state index in [4.69, 9.17) is 4.42 Å². The van der Waals surface area contributed by atoms with Crippen LogP contribution in [-0.2, 0) is 6.42 Å². The summed E-state index contributed by atoms with van der Waals surface area (Å²) in [6, 6.07) is 13.7. The fraction of sp³-hybridized carbons (Fsp3) is 0.211. The molecule has 0 unspecified atom stereocenters. The molecule has 1 heterocycles. The highest BCUT2D eigenvalue weighted by molar-refractivity contribution is 14.1. The van der Waals surface area contributed by atoms with Crippen molar-refractivity contribution < 1.29 is 9.21 Å². The zero-order valence-corrected chi connectivity index (χ0v) is 17.1. The van der Waals surface area contributed by atoms with Crippen molar-refractivity contribution in [3.63, 3.8) is 0 Å². The molecule has 2 nitrogen and oxygen atoms in total. The monoisotopic (exact) mass is 530 g/mol. The van der Waals surface area contributed by atoms with Crippen LogP contribution < -0.4 is 0 Å². The molecule has 0 bridgehead atoms. The summed E-state index contributed by atoms with van der Waals surface area (Å²) < 4.78 is 8.12. The van der Waals surface area contributed by atoms with Gasteiger partial charge in [0.15, 0.2) is 5.78 Å². The minimum absolute atomic E-state index is 0.0532. The molecule has 0 aliphatic carbocycles. The second-order valence-electron chi connectivity index (χ2n) is 5.49. The SMILES string of the molecule is CCCCc1oc2ccccc2c1C(=O)c1cc(I)cc(I)c1. The van der Waals surface area contributed by atoms with Crippen LogP contribution in [0.1, 0.15) is 41.4 Å². The number of hydrogen-bond acceptors (Lipinski definition) is 2. The lowest BCUT2D eigenvalue weighted by atomic mass is 9.98. The summed E-state index contributed by atoms with van der Waals surface area (Å²) in [4.78, 5) is 13.1. The highest BCUT2D eigenvalue weighted by Crippen LogP contribution is 2.30. The van der Waals surface area contributed by atoms with Gasteiger partial charge in [0.25, 0.3) is 0 Å². The van der Waals surface area contributed by atoms with Crippen molar-refractivity contribution >= 4 is 61.9 Å². The van der Waals surface area contributed by atoms with E-state index < -0.39 is 0 Å². The van der Waals surface area contributed by atoms with Crippen LogP contribution in [0.15, 0.2) is 46.9 Å². The first-order valence-corrected chi connectivity index (χ1v) is 9.77. The zero-order chi connectivity index (χ0) is 16.4. The number of rotatable bonds is 5. The Bertz CT molecular complexity index is 845. The van der Waals surface area contributed by atoms with Crippen LogP contribution in [0.3, 0.4) is 0 Å². The number of ketones is 1. The van der Waals surface area contributed by atoms with E-state index in [2.05, 4.69) is 58.2 Å². The molecular formula is C19H16I2O2. The van der Waals surface area contributed by atoms with Crippen LogP contribution in [0.5, 0.6) is 0 Å². The van der Waals surface area contributed by atoms with Crippen LogP contribution in [0.2, 0.25) is 0 Å². The second kappa shape index (κ2) is 7.34. The number of carbonyl (C=O) groups excluding carboxylic acids is 1. The van der Waals surface area contributed by atoms with Crippen LogP contribution in [-0.4, -0.2) is 5.78 Å². The van der Waals surface area contributed by atoms with Crippen molar-refractivity contribution in [2.45, 2.75) is 26.2 Å². The van der Waals surface area contributed by atoms with Gasteiger partial charge in [-0.3, -0.25) is 4.79 Å². The summed E-state index contributed by atoms with van der Waals surface area (Å²) in [7, 11) is 0. The first kappa shape index (κ1) is 17.0. The molecule has 1 aromatic heterocycles. The van der Waals surface area contributed by atoms with E-state index in [9.17, 15) is 4.79 Å². The van der Waals surface area contributed by atoms with Gasteiger partial charge in [0.05, 0.1) is 5.56 Å². The zero-order valence-electron chi connectivity index (χ0n) is 12.7. The minimum Gasteiger partial charge on any atom is -0.460 e. The lowest BCUT2D eigenvalue weighted by Gasteiger charge is -2.05. The predicted octanol–water partition coefficient (Wildman–Crippen LogP) is 6.22. The number of aryl methyl sites for hydroxylation is 1. The molecule has 0 saturated carbocycles. The van der Waals surface area contributed by atoms with Crippen LogP contribution in [0.4, 0.5) is 0 Å². The average molecular weight is 530 g/mol. The molecule has 0 radical (unpaired) electrons. The third-order valence-corrected chi connectivity index (χ3v) is 5.02. The van der Waals surface area contributed by atoms with Gasteiger partial charge >= 0.3 is 0 Å². The molecular weight excluding hydrogens is 514 g/mol. The van der Waals surface area contributed by atoms with E-state index in [0.717, 1.165) is 54.3 Å². The van der Waals surface area contributed by atoms with Gasteiger partial charge in [-0.15, -0.1) is 0 Å². The number of benzene rings is 2. The molecule has 3 rings (SSSR count). The Labute approximate surface area is 162 Å². The number of para-hydroxylation sites is 1. The molecule has 0 amide bonds. The second-order valence-corrected chi connectivity index (χ2v) is 7.98. The lowest BCUT2D eigenvalue weighted by molar-refractivity contribution is 0.103. The Kier molecular flexibility index (Phi) is 5.41. The molecule has 0 aliphatic rings. The lowest BCUT2D eigenvalue weighted by Crippen LogP contribution is -2.05. The van der Waals surface area contributed by atoms with Gasteiger partial charge in [0.1, 0.15) is 11.3 Å². The van der Waals surface area contributed by atoms with Gasteiger partial charge in [0, 0.05) is 24.5 Å². The van der Waals surface area contributed by atoms with Crippen molar-refractivity contribution in [1.82, 2.24) is 0 Å². The summed E-state index contributed by atoms with van der Waals surface area (Å²) in [5, 5.41) is 0.914. The number of furan rings is 1. The molecule has 2 aromatic carbocycles. The van der Waals surface area contributed by atoms with E-state index in [-0.39, 0.29) is 5.78 Å². The Morgan fingerprint density at radius 1 is 1.09 bits per heavy atom. The van der Waals surface area contributed by atoms with Crippen molar-refractivity contribution in [2.75, 3.05) is 0 Å². The van der Waals surface area contributed by atoms with Gasteiger partial charge in [-0.05, 0) is 75.9 Å². The Morgan fingerprint density at radius 2 is 1.78 bits per heavy atom. The van der Waals surface area contributed by atoms with Gasteiger partial charge in [0.2, 0.25) is 0 Å². The Hall–Kier alpha value is -0.890. The molecule has 23 heavy (non-hydrogen) atoms. The Morgan fingerprint density at radius 3 is 2.48 bits per heavy atom. The summed E-state index contributed by atoms with van der Waals surface area (Å²) in [6.07, 6.45) is 2.89. The van der Waals surface area contributed by atoms with Gasteiger partial charge in [-0.2, -0.15) is 0 Å². The molecule has 4 heteroatoms. The van der Waals surface area contributed by atoms with Crippen LogP contribution >= 0.6 is 45.2 Å². The molecule has 0 atom stereocenters. The van der Waals surface area contributed by atoms with E-state index >= 15 is 0 Å². The smallest absolute Gasteiger partial charge is 0.197 e. The highest BCUT2D eigenvalue weighted by Gasteiger charge is 2.22. The Balaban J connectivity index is 2.14. The summed E-state index contributed by atoms with van der Waals surface area (Å²) in [5.41, 5.74) is 2.25. The topological polar surface area (TPSA) is 30.2 Å². The highest BCUT2D eigenvalue weighted by atomic mass is 127. The van der Waals surface area contributed by atoms with Crippen molar-refractivity contribution in [3.05, 3.63) is 66.5 Å². The summed E-state index contributed by atoms with van der Waals surface area (Å²) in [5.74, 6) is 0.865. The van der Waals surface area contributed by atoms with Gasteiger partial charge in [-0.1, -0.05) is 31.5 Å². The third kappa shape index (κ3) is 3.63. The van der Waals surface area contributed by atoms with Crippen LogP contribution in [0, 0.1) is 7.14 Å². The molecule has 0 spiro atoms. The summed E-state index contributed by atoms with van der Waals surface area (Å²) in [6.45, 7) is 2.14. The number of halogens is 2. The normalized spacial score (nSPS) is 11.1. The summed E-state index contributed by atoms with van der Waals surface area (Å²) >= 11 is 4.50. The van der Waals surface area contributed by atoms with Crippen LogP contribution in [0.25, 0.3) is 11.0 Å². The van der Waals surface area contributed by atoms with E-state index in [1.807, 2.05) is 36.4 Å². The van der Waals surface area contributed by atoms with Gasteiger partial charge in [-0.25, -0.2) is 0 Å². The fourth-order valence-electron chi connectivity index (χ4n) is 2.69. The number of hydrogen-bond donors (Lipinski definition) is 0. The number of fused-ring (bicyclic) bond motifs is 1. The van der Waals surface area contributed by atoms with E-state index in [0.29, 0.717) is 0 Å². The van der Waals surface area contributed by atoms with Crippen molar-refractivity contribution in [1.29, 1.82) is 0 Å². The number of unbranched alkanes of at least 4 members (excludes halogenated alkanes) is 1. The van der Waals surface area contributed by atoms with Crippen molar-refractivity contribution in [2.24, 2.45) is 0 Å². The molecule has 0 fully saturated rings. The van der Waals surface area contributed by atoms with E-state index in [1.54, 1.807) is 0 Å². The van der Waals surface area contributed by atoms with Gasteiger partial charge < -0.3 is 4.42 Å².